The molecular formula is C20H20BrClN2OS. The number of thioether (sulfide) groups is 1. The van der Waals surface area contributed by atoms with Crippen LogP contribution in [-0.2, 0) is 6.54 Å². The van der Waals surface area contributed by atoms with Crippen LogP contribution in [0.15, 0.2) is 49.1 Å². The lowest BCUT2D eigenvalue weighted by Gasteiger charge is -2.10. The van der Waals surface area contributed by atoms with E-state index in [0.717, 1.165) is 38.6 Å². The minimum Gasteiger partial charge on any atom is -0.292 e. The van der Waals surface area contributed by atoms with Crippen molar-refractivity contribution >= 4 is 45.4 Å². The average Bonchev–Trinajstić information content (AvgIpc) is 2.80. The van der Waals surface area contributed by atoms with Gasteiger partial charge in [0.25, 0.3) is 5.56 Å². The quantitative estimate of drug-likeness (QED) is 0.673. The summed E-state index contributed by atoms with van der Waals surface area (Å²) < 4.78 is 2.63. The molecule has 1 aromatic heterocycles. The summed E-state index contributed by atoms with van der Waals surface area (Å²) in [5.41, 5.74) is 3.33. The largest absolute Gasteiger partial charge is 0.292 e. The van der Waals surface area contributed by atoms with Gasteiger partial charge in [-0.2, -0.15) is 0 Å². The maximum Gasteiger partial charge on any atom is 0.260 e. The fourth-order valence-electron chi connectivity index (χ4n) is 3.13. The van der Waals surface area contributed by atoms with Gasteiger partial charge in [0.15, 0.2) is 0 Å². The van der Waals surface area contributed by atoms with Gasteiger partial charge in [-0.1, -0.05) is 46.6 Å². The van der Waals surface area contributed by atoms with Gasteiger partial charge in [0.2, 0.25) is 0 Å². The van der Waals surface area contributed by atoms with E-state index in [2.05, 4.69) is 28.9 Å². The van der Waals surface area contributed by atoms with Crippen LogP contribution in [0.2, 0.25) is 5.02 Å². The van der Waals surface area contributed by atoms with Gasteiger partial charge >= 0.3 is 0 Å². The number of fused-ring (bicyclic) bond motifs is 1. The van der Waals surface area contributed by atoms with E-state index in [9.17, 15) is 4.79 Å². The van der Waals surface area contributed by atoms with Crippen LogP contribution >= 0.6 is 39.3 Å². The van der Waals surface area contributed by atoms with E-state index in [1.54, 1.807) is 16.3 Å². The number of rotatable bonds is 4. The highest BCUT2D eigenvalue weighted by Crippen LogP contribution is 2.28. The summed E-state index contributed by atoms with van der Waals surface area (Å²) in [5, 5.41) is 2.55. The summed E-state index contributed by atoms with van der Waals surface area (Å²) in [6.07, 6.45) is 6.00. The van der Waals surface area contributed by atoms with Crippen molar-refractivity contribution in [3.8, 4) is 11.1 Å². The van der Waals surface area contributed by atoms with Crippen molar-refractivity contribution in [2.45, 2.75) is 33.2 Å². The molecule has 0 N–H and O–H groups in total. The Morgan fingerprint density at radius 2 is 2.04 bits per heavy atom. The molecule has 3 rings (SSSR count). The molecule has 26 heavy (non-hydrogen) atoms. The summed E-state index contributed by atoms with van der Waals surface area (Å²) in [5.74, 6) is 0. The van der Waals surface area contributed by atoms with Crippen LogP contribution in [0.3, 0.4) is 0 Å². The number of hydrogen-bond donors (Lipinski definition) is 0. The molecule has 0 unspecified atom stereocenters. The predicted molar refractivity (Wildman–Crippen MR) is 115 cm³/mol. The third kappa shape index (κ3) is 3.57. The van der Waals surface area contributed by atoms with Crippen LogP contribution in [0, 0.1) is 0 Å². The van der Waals surface area contributed by atoms with E-state index in [4.69, 9.17) is 16.6 Å². The van der Waals surface area contributed by atoms with Gasteiger partial charge in [-0.15, -0.1) is 11.8 Å². The minimum atomic E-state index is -0.0620. The Morgan fingerprint density at radius 1 is 1.27 bits per heavy atom. The fraction of sp³-hybridized carbons (Fsp3) is 0.300. The number of nitrogens with zero attached hydrogens (tertiary/aromatic N) is 2. The van der Waals surface area contributed by atoms with Crippen molar-refractivity contribution in [1.82, 2.24) is 4.57 Å². The molecule has 0 atom stereocenters. The van der Waals surface area contributed by atoms with Crippen LogP contribution in [0.1, 0.15) is 26.7 Å². The lowest BCUT2D eigenvalue weighted by molar-refractivity contribution is 0.682. The van der Waals surface area contributed by atoms with Gasteiger partial charge in [-0.25, -0.2) is 4.99 Å². The fourth-order valence-corrected chi connectivity index (χ4v) is 4.60. The van der Waals surface area contributed by atoms with E-state index >= 15 is 0 Å². The monoisotopic (exact) mass is 450 g/mol. The Balaban J connectivity index is 2.36. The lowest BCUT2D eigenvalue weighted by atomic mass is 10.1. The highest BCUT2D eigenvalue weighted by atomic mass is 79.9. The summed E-state index contributed by atoms with van der Waals surface area (Å²) in [6.45, 7) is 4.67. The van der Waals surface area contributed by atoms with E-state index in [0.29, 0.717) is 17.1 Å². The zero-order chi connectivity index (χ0) is 18.8. The summed E-state index contributed by atoms with van der Waals surface area (Å²) in [4.78, 5) is 18.0. The SMILES string of the molecule is CCC1=C(SC)N=c2c(cc(-c3ccc(Br)cc3Cl)c(=O)n2CC)=CC1. The maximum absolute atomic E-state index is 13.2. The Labute approximate surface area is 170 Å². The number of halogens is 2. The summed E-state index contributed by atoms with van der Waals surface area (Å²) in [6, 6.07) is 7.53. The van der Waals surface area contributed by atoms with Crippen LogP contribution in [0.5, 0.6) is 0 Å². The molecule has 1 aliphatic heterocycles. The van der Waals surface area contributed by atoms with Crippen molar-refractivity contribution in [2.24, 2.45) is 4.99 Å². The molecule has 0 saturated heterocycles. The molecule has 0 saturated carbocycles. The first kappa shape index (κ1) is 19.5. The third-order valence-corrected chi connectivity index (χ3v) is 6.10. The molecule has 136 valence electrons. The summed E-state index contributed by atoms with van der Waals surface area (Å²) in [7, 11) is 0. The molecule has 0 bridgehead atoms. The molecule has 0 fully saturated rings. The smallest absolute Gasteiger partial charge is 0.260 e. The number of aromatic nitrogens is 1. The zero-order valence-electron chi connectivity index (χ0n) is 15.0. The molecule has 3 nitrogen and oxygen atoms in total. The Bertz CT molecular complexity index is 1070. The minimum absolute atomic E-state index is 0.0620. The number of pyridine rings is 1. The molecule has 1 aromatic carbocycles. The van der Waals surface area contributed by atoms with Gasteiger partial charge in [-0.3, -0.25) is 9.36 Å². The molecule has 1 aliphatic rings. The van der Waals surface area contributed by atoms with Crippen molar-refractivity contribution in [3.05, 3.63) is 65.4 Å². The molecule has 0 radical (unpaired) electrons. The molecule has 0 aliphatic carbocycles. The van der Waals surface area contributed by atoms with Crippen LogP contribution in [0.25, 0.3) is 17.2 Å². The Kier molecular flexibility index (Phi) is 6.10. The van der Waals surface area contributed by atoms with E-state index in [1.165, 1.54) is 5.57 Å². The molecule has 2 heterocycles. The molecule has 0 amide bonds. The number of benzene rings is 1. The molecule has 0 spiro atoms. The standard InChI is InChI=1S/C20H20BrClN2OS/c1-4-12-6-7-13-10-16(15-9-8-14(21)11-17(15)22)20(25)24(5-2)18(13)23-19(12)26-3/h7-11H,4-6H2,1-3H3. The normalized spacial score (nSPS) is 13.7. The van der Waals surface area contributed by atoms with Crippen molar-refractivity contribution in [3.63, 3.8) is 0 Å². The third-order valence-electron chi connectivity index (χ3n) is 4.53. The van der Waals surface area contributed by atoms with Crippen LogP contribution < -0.4 is 16.3 Å². The highest BCUT2D eigenvalue weighted by molar-refractivity contribution is 9.10. The van der Waals surface area contributed by atoms with E-state index in [-0.39, 0.29) is 5.56 Å². The van der Waals surface area contributed by atoms with E-state index in [1.807, 2.05) is 37.4 Å². The first-order valence-electron chi connectivity index (χ1n) is 8.54. The van der Waals surface area contributed by atoms with Gasteiger partial charge in [0.1, 0.15) is 5.49 Å². The maximum atomic E-state index is 13.2. The van der Waals surface area contributed by atoms with Crippen LogP contribution in [-0.4, -0.2) is 10.8 Å². The highest BCUT2D eigenvalue weighted by Gasteiger charge is 2.15. The predicted octanol–water partition coefficient (Wildman–Crippen LogP) is 4.74. The van der Waals surface area contributed by atoms with Gasteiger partial charge in [0, 0.05) is 32.4 Å². The zero-order valence-corrected chi connectivity index (χ0v) is 18.1. The van der Waals surface area contributed by atoms with E-state index < -0.39 is 0 Å². The molecular weight excluding hydrogens is 432 g/mol. The Morgan fingerprint density at radius 3 is 2.65 bits per heavy atom. The van der Waals surface area contributed by atoms with Crippen molar-refractivity contribution in [1.29, 1.82) is 0 Å². The molecule has 2 aromatic rings. The van der Waals surface area contributed by atoms with Gasteiger partial charge in [0.05, 0.1) is 5.03 Å². The van der Waals surface area contributed by atoms with Crippen molar-refractivity contribution in [2.75, 3.05) is 6.26 Å². The topological polar surface area (TPSA) is 34.4 Å². The first-order valence-corrected chi connectivity index (χ1v) is 10.9. The second-order valence-electron chi connectivity index (χ2n) is 6.00. The molecule has 6 heteroatoms. The number of allylic oxidation sites excluding steroid dienone is 1. The summed E-state index contributed by atoms with van der Waals surface area (Å²) >= 11 is 11.5. The average molecular weight is 452 g/mol. The van der Waals surface area contributed by atoms with Gasteiger partial charge in [-0.05, 0) is 49.8 Å². The Hall–Kier alpha value is -1.30. The van der Waals surface area contributed by atoms with Gasteiger partial charge < -0.3 is 0 Å². The first-order chi connectivity index (χ1) is 12.5. The second-order valence-corrected chi connectivity index (χ2v) is 8.11. The van der Waals surface area contributed by atoms with Crippen LogP contribution in [0.4, 0.5) is 0 Å². The second kappa shape index (κ2) is 8.15. The van der Waals surface area contributed by atoms with Crippen molar-refractivity contribution < 1.29 is 0 Å². The number of hydrogen-bond acceptors (Lipinski definition) is 3. The lowest BCUT2D eigenvalue weighted by Crippen LogP contribution is -2.43.